The van der Waals surface area contributed by atoms with Crippen molar-refractivity contribution < 1.29 is 4.74 Å². The summed E-state index contributed by atoms with van der Waals surface area (Å²) in [7, 11) is 0. The molecule has 0 bridgehead atoms. The van der Waals surface area contributed by atoms with Crippen LogP contribution in [0.5, 0.6) is 5.75 Å². The van der Waals surface area contributed by atoms with Crippen molar-refractivity contribution in [2.24, 2.45) is 0 Å². The zero-order valence-electron chi connectivity index (χ0n) is 12.1. The van der Waals surface area contributed by atoms with Gasteiger partial charge in [-0.15, -0.1) is 0 Å². The third-order valence-corrected chi connectivity index (χ3v) is 3.21. The van der Waals surface area contributed by atoms with E-state index in [0.29, 0.717) is 0 Å². The fourth-order valence-corrected chi connectivity index (χ4v) is 2.23. The predicted octanol–water partition coefficient (Wildman–Crippen LogP) is 5.30. The lowest BCUT2D eigenvalue weighted by molar-refractivity contribution is 0.243. The molecule has 0 saturated heterocycles. The molecule has 2 rings (SSSR count). The largest absolute Gasteiger partial charge is 0.489 e. The topological polar surface area (TPSA) is 21.3 Å². The molecule has 106 valence electrons. The number of anilines is 1. The lowest BCUT2D eigenvalue weighted by atomic mass is 10.1. The highest BCUT2D eigenvalue weighted by atomic mass is 35.5. The normalized spacial score (nSPS) is 12.2. The minimum atomic E-state index is 0.152. The molecule has 2 nitrogen and oxygen atoms in total. The van der Waals surface area contributed by atoms with E-state index in [1.807, 2.05) is 56.3 Å². The smallest absolute Gasteiger partial charge is 0.142 e. The second-order valence-corrected chi connectivity index (χ2v) is 5.52. The van der Waals surface area contributed by atoms with Gasteiger partial charge in [-0.05, 0) is 50.6 Å². The molecule has 0 amide bonds. The predicted molar refractivity (Wildman–Crippen MR) is 85.7 cm³/mol. The lowest BCUT2D eigenvalue weighted by Gasteiger charge is -2.20. The van der Waals surface area contributed by atoms with E-state index in [1.54, 1.807) is 0 Å². The molecule has 20 heavy (non-hydrogen) atoms. The Bertz CT molecular complexity index is 568. The first-order valence-corrected chi connectivity index (χ1v) is 7.21. The van der Waals surface area contributed by atoms with Crippen LogP contribution in [-0.4, -0.2) is 6.10 Å². The Balaban J connectivity index is 2.17. The molecule has 1 atom stereocenters. The summed E-state index contributed by atoms with van der Waals surface area (Å²) < 4.78 is 5.82. The van der Waals surface area contributed by atoms with Gasteiger partial charge in [-0.3, -0.25) is 0 Å². The monoisotopic (exact) mass is 289 g/mol. The molecule has 1 N–H and O–H groups in total. The summed E-state index contributed by atoms with van der Waals surface area (Å²) in [4.78, 5) is 0. The fraction of sp³-hybridized carbons (Fsp3) is 0.294. The van der Waals surface area contributed by atoms with E-state index in [4.69, 9.17) is 16.3 Å². The summed E-state index contributed by atoms with van der Waals surface area (Å²) in [6.07, 6.45) is 0.152. The molecule has 2 aromatic rings. The molecule has 2 aromatic carbocycles. The SMILES string of the molecule is CC(C)Oc1ccccc1NC(C)c1cccc(Cl)c1. The van der Waals surface area contributed by atoms with Gasteiger partial charge in [0.15, 0.2) is 0 Å². The summed E-state index contributed by atoms with van der Waals surface area (Å²) in [6, 6.07) is 16.0. The van der Waals surface area contributed by atoms with Crippen molar-refractivity contribution in [1.82, 2.24) is 0 Å². The molecule has 3 heteroatoms. The lowest BCUT2D eigenvalue weighted by Crippen LogP contribution is -2.11. The van der Waals surface area contributed by atoms with Gasteiger partial charge in [-0.25, -0.2) is 0 Å². The molecule has 0 spiro atoms. The molecule has 0 aliphatic carbocycles. The average Bonchev–Trinajstić information content (AvgIpc) is 2.40. The number of benzene rings is 2. The number of nitrogens with one attached hydrogen (secondary N) is 1. The molecule has 0 radical (unpaired) electrons. The van der Waals surface area contributed by atoms with Gasteiger partial charge in [0.1, 0.15) is 5.75 Å². The van der Waals surface area contributed by atoms with Gasteiger partial charge in [0, 0.05) is 11.1 Å². The third kappa shape index (κ3) is 3.91. The first-order valence-electron chi connectivity index (χ1n) is 6.84. The fourth-order valence-electron chi connectivity index (χ4n) is 2.04. The Morgan fingerprint density at radius 2 is 1.75 bits per heavy atom. The van der Waals surface area contributed by atoms with E-state index in [-0.39, 0.29) is 12.1 Å². The van der Waals surface area contributed by atoms with E-state index >= 15 is 0 Å². The molecule has 1 unspecified atom stereocenters. The van der Waals surface area contributed by atoms with Crippen LogP contribution < -0.4 is 10.1 Å². The van der Waals surface area contributed by atoms with Crippen LogP contribution in [0.3, 0.4) is 0 Å². The summed E-state index contributed by atoms with van der Waals surface area (Å²) in [6.45, 7) is 6.16. The maximum atomic E-state index is 6.04. The summed E-state index contributed by atoms with van der Waals surface area (Å²) in [5, 5.41) is 4.23. The molecule has 0 heterocycles. The average molecular weight is 290 g/mol. The van der Waals surface area contributed by atoms with Crippen LogP contribution in [0.2, 0.25) is 5.02 Å². The van der Waals surface area contributed by atoms with Gasteiger partial charge in [0.05, 0.1) is 11.8 Å². The Hall–Kier alpha value is -1.67. The molecule has 0 fully saturated rings. The van der Waals surface area contributed by atoms with Crippen molar-refractivity contribution in [1.29, 1.82) is 0 Å². The number of ether oxygens (including phenoxy) is 1. The zero-order valence-corrected chi connectivity index (χ0v) is 12.8. The number of hydrogen-bond acceptors (Lipinski definition) is 2. The molecule has 0 aliphatic rings. The molecule has 0 aromatic heterocycles. The Morgan fingerprint density at radius 1 is 1.00 bits per heavy atom. The van der Waals surface area contributed by atoms with Gasteiger partial charge < -0.3 is 10.1 Å². The van der Waals surface area contributed by atoms with Gasteiger partial charge in [0.25, 0.3) is 0 Å². The van der Waals surface area contributed by atoms with Crippen LogP contribution in [0, 0.1) is 0 Å². The maximum absolute atomic E-state index is 6.04. The Kier molecular flexibility index (Phi) is 4.91. The van der Waals surface area contributed by atoms with Crippen molar-refractivity contribution in [3.8, 4) is 5.75 Å². The van der Waals surface area contributed by atoms with Crippen LogP contribution >= 0.6 is 11.6 Å². The highest BCUT2D eigenvalue weighted by Crippen LogP contribution is 2.29. The van der Waals surface area contributed by atoms with Crippen molar-refractivity contribution in [3.63, 3.8) is 0 Å². The van der Waals surface area contributed by atoms with Crippen LogP contribution in [0.25, 0.3) is 0 Å². The van der Waals surface area contributed by atoms with Gasteiger partial charge in [0.2, 0.25) is 0 Å². The van der Waals surface area contributed by atoms with Crippen molar-refractivity contribution >= 4 is 17.3 Å². The minimum Gasteiger partial charge on any atom is -0.489 e. The Labute approximate surface area is 125 Å². The van der Waals surface area contributed by atoms with Crippen LogP contribution in [0.1, 0.15) is 32.4 Å². The molecule has 0 saturated carbocycles. The van der Waals surface area contributed by atoms with Crippen molar-refractivity contribution in [3.05, 3.63) is 59.1 Å². The Morgan fingerprint density at radius 3 is 2.45 bits per heavy atom. The van der Waals surface area contributed by atoms with E-state index < -0.39 is 0 Å². The van der Waals surface area contributed by atoms with E-state index in [0.717, 1.165) is 22.0 Å². The van der Waals surface area contributed by atoms with Crippen molar-refractivity contribution in [2.45, 2.75) is 32.9 Å². The van der Waals surface area contributed by atoms with E-state index in [2.05, 4.69) is 18.3 Å². The van der Waals surface area contributed by atoms with E-state index in [9.17, 15) is 0 Å². The second-order valence-electron chi connectivity index (χ2n) is 5.08. The number of hydrogen-bond donors (Lipinski definition) is 1. The summed E-state index contributed by atoms with van der Waals surface area (Å²) in [5.41, 5.74) is 2.14. The first-order chi connectivity index (χ1) is 9.56. The van der Waals surface area contributed by atoms with Crippen LogP contribution in [0.15, 0.2) is 48.5 Å². The maximum Gasteiger partial charge on any atom is 0.142 e. The third-order valence-electron chi connectivity index (χ3n) is 2.97. The number of para-hydroxylation sites is 2. The van der Waals surface area contributed by atoms with Gasteiger partial charge >= 0.3 is 0 Å². The summed E-state index contributed by atoms with van der Waals surface area (Å²) in [5.74, 6) is 0.872. The van der Waals surface area contributed by atoms with Gasteiger partial charge in [-0.1, -0.05) is 35.9 Å². The highest BCUT2D eigenvalue weighted by Gasteiger charge is 2.10. The quantitative estimate of drug-likeness (QED) is 0.806. The van der Waals surface area contributed by atoms with Crippen LogP contribution in [0.4, 0.5) is 5.69 Å². The molecular formula is C17H20ClNO. The zero-order chi connectivity index (χ0) is 14.5. The molecule has 0 aliphatic heterocycles. The number of halogens is 1. The summed E-state index contributed by atoms with van der Waals surface area (Å²) >= 11 is 6.04. The molecular weight excluding hydrogens is 270 g/mol. The number of rotatable bonds is 5. The minimum absolute atomic E-state index is 0.152. The van der Waals surface area contributed by atoms with Gasteiger partial charge in [-0.2, -0.15) is 0 Å². The standard InChI is InChI=1S/C17H20ClNO/c1-12(2)20-17-10-5-4-9-16(17)19-13(3)14-7-6-8-15(18)11-14/h4-13,19H,1-3H3. The van der Waals surface area contributed by atoms with Crippen molar-refractivity contribution in [2.75, 3.05) is 5.32 Å². The first kappa shape index (κ1) is 14.7. The second kappa shape index (κ2) is 6.67. The van der Waals surface area contributed by atoms with Crippen LogP contribution in [-0.2, 0) is 0 Å². The highest BCUT2D eigenvalue weighted by molar-refractivity contribution is 6.30. The van der Waals surface area contributed by atoms with E-state index in [1.165, 1.54) is 0 Å².